The summed E-state index contributed by atoms with van der Waals surface area (Å²) in [5.74, 6) is -4.09. The summed E-state index contributed by atoms with van der Waals surface area (Å²) in [5.41, 5.74) is -0.00826. The zero-order valence-electron chi connectivity index (χ0n) is 26.4. The first kappa shape index (κ1) is 33.7. The van der Waals surface area contributed by atoms with E-state index in [1.54, 1.807) is 56.9 Å². The Morgan fingerprint density at radius 2 is 1.83 bits per heavy atom. The van der Waals surface area contributed by atoms with Crippen molar-refractivity contribution < 1.29 is 35.9 Å². The molecule has 2 aromatic carbocycles. The molecule has 0 saturated carbocycles. The minimum absolute atomic E-state index is 0.0910. The fourth-order valence-electron chi connectivity index (χ4n) is 5.07. The molecule has 248 valence electrons. The summed E-state index contributed by atoms with van der Waals surface area (Å²) in [7, 11) is -2.88. The molecule has 0 aliphatic carbocycles. The van der Waals surface area contributed by atoms with Crippen molar-refractivity contribution in [1.82, 2.24) is 19.2 Å². The number of ketones is 1. The lowest BCUT2D eigenvalue weighted by molar-refractivity contribution is 0.0270. The molecule has 0 saturated heterocycles. The number of carbonyl (C=O) groups is 2. The average molecular weight is 670 g/mol. The van der Waals surface area contributed by atoms with Gasteiger partial charge in [0.2, 0.25) is 5.78 Å². The van der Waals surface area contributed by atoms with Crippen LogP contribution in [0, 0.1) is 17.5 Å². The minimum atomic E-state index is -4.15. The fraction of sp³-hybridized carbons (Fsp3) is 0.303. The molecule has 10 nitrogen and oxygen atoms in total. The second kappa shape index (κ2) is 12.8. The van der Waals surface area contributed by atoms with Crippen LogP contribution in [-0.4, -0.2) is 71.8 Å². The molecular formula is C33H34F3N5O5S. The fourth-order valence-corrected chi connectivity index (χ4v) is 6.00. The van der Waals surface area contributed by atoms with Crippen LogP contribution in [0.4, 0.5) is 23.7 Å². The van der Waals surface area contributed by atoms with Crippen molar-refractivity contribution in [3.8, 4) is 11.1 Å². The van der Waals surface area contributed by atoms with Crippen molar-refractivity contribution in [3.05, 3.63) is 89.0 Å². The van der Waals surface area contributed by atoms with Crippen LogP contribution in [0.15, 0.2) is 54.9 Å². The summed E-state index contributed by atoms with van der Waals surface area (Å²) in [5, 5.41) is 0.227. The normalized spacial score (nSPS) is 14.0. The molecule has 5 rings (SSSR count). The standard InChI is InChI=1S/C33H34F3N5O5S/c1-6-40(5)47(44,45)39-27-10-9-25(34)28(29(27)36)30(42)24-18-38-31-23(24)15-21(17-37-31)20-7-8-22(26(35)16-20)19-11-13-41(14-12-19)32(43)46-33(2,3)4/h7-11,15-18,39H,6,12-14H2,1-5H3,(H,37,38). The van der Waals surface area contributed by atoms with Gasteiger partial charge in [-0.05, 0) is 62.6 Å². The molecule has 1 amide bonds. The van der Waals surface area contributed by atoms with Gasteiger partial charge in [-0.25, -0.2) is 22.9 Å². The van der Waals surface area contributed by atoms with Gasteiger partial charge in [-0.1, -0.05) is 25.1 Å². The highest BCUT2D eigenvalue weighted by Crippen LogP contribution is 2.32. The predicted octanol–water partition coefficient (Wildman–Crippen LogP) is 6.51. The second-order valence-corrected chi connectivity index (χ2v) is 13.8. The number of ether oxygens (including phenoxy) is 1. The van der Waals surface area contributed by atoms with Crippen molar-refractivity contribution in [3.63, 3.8) is 0 Å². The molecule has 4 aromatic rings. The first-order valence-electron chi connectivity index (χ1n) is 14.8. The molecule has 14 heteroatoms. The minimum Gasteiger partial charge on any atom is -0.444 e. The Hall–Kier alpha value is -4.69. The van der Waals surface area contributed by atoms with Crippen LogP contribution >= 0.6 is 0 Å². The number of halogens is 3. The molecule has 0 unspecified atom stereocenters. The third kappa shape index (κ3) is 7.03. The van der Waals surface area contributed by atoms with Gasteiger partial charge in [-0.15, -0.1) is 0 Å². The topological polar surface area (TPSA) is 125 Å². The Morgan fingerprint density at radius 1 is 1.09 bits per heavy atom. The smallest absolute Gasteiger partial charge is 0.410 e. The van der Waals surface area contributed by atoms with E-state index in [0.29, 0.717) is 29.7 Å². The van der Waals surface area contributed by atoms with Gasteiger partial charge < -0.3 is 14.6 Å². The molecule has 1 aliphatic rings. The highest BCUT2D eigenvalue weighted by molar-refractivity contribution is 7.90. The number of amides is 1. The Morgan fingerprint density at radius 3 is 2.47 bits per heavy atom. The molecule has 0 fully saturated rings. The highest BCUT2D eigenvalue weighted by atomic mass is 32.2. The molecule has 2 aromatic heterocycles. The maximum Gasteiger partial charge on any atom is 0.410 e. The molecule has 1 aliphatic heterocycles. The van der Waals surface area contributed by atoms with E-state index in [-0.39, 0.29) is 29.7 Å². The van der Waals surface area contributed by atoms with Gasteiger partial charge >= 0.3 is 16.3 Å². The Balaban J connectivity index is 1.42. The van der Waals surface area contributed by atoms with Crippen LogP contribution < -0.4 is 4.72 Å². The van der Waals surface area contributed by atoms with Crippen molar-refractivity contribution in [2.24, 2.45) is 0 Å². The SMILES string of the molecule is CCN(C)S(=O)(=O)Nc1ccc(F)c(C(=O)c2c[nH]c3ncc(-c4ccc(C5=CCN(C(=O)OC(C)(C)C)CC5)c(F)c4)cc23)c1F. The third-order valence-corrected chi connectivity index (χ3v) is 9.25. The first-order chi connectivity index (χ1) is 22.1. The van der Waals surface area contributed by atoms with E-state index in [1.165, 1.54) is 25.5 Å². The molecular weight excluding hydrogens is 635 g/mol. The number of benzene rings is 2. The number of H-pyrrole nitrogens is 1. The van der Waals surface area contributed by atoms with Crippen LogP contribution in [0.2, 0.25) is 0 Å². The Labute approximate surface area is 270 Å². The largest absolute Gasteiger partial charge is 0.444 e. The van der Waals surface area contributed by atoms with Crippen molar-refractivity contribution in [2.45, 2.75) is 39.7 Å². The van der Waals surface area contributed by atoms with E-state index in [2.05, 4.69) is 9.97 Å². The maximum absolute atomic E-state index is 15.5. The first-order valence-corrected chi connectivity index (χ1v) is 16.2. The van der Waals surface area contributed by atoms with Crippen LogP contribution in [-0.2, 0) is 14.9 Å². The maximum atomic E-state index is 15.5. The van der Waals surface area contributed by atoms with Gasteiger partial charge in [0.05, 0.1) is 11.3 Å². The van der Waals surface area contributed by atoms with Crippen molar-refractivity contribution in [1.29, 1.82) is 0 Å². The zero-order valence-corrected chi connectivity index (χ0v) is 27.3. The lowest BCUT2D eigenvalue weighted by Crippen LogP contribution is -2.39. The molecule has 3 heterocycles. The summed E-state index contributed by atoms with van der Waals surface area (Å²) in [6.45, 7) is 7.68. The third-order valence-electron chi connectivity index (χ3n) is 7.70. The molecule has 0 radical (unpaired) electrons. The van der Waals surface area contributed by atoms with Gasteiger partial charge in [-0.3, -0.25) is 9.52 Å². The number of fused-ring (bicyclic) bond motifs is 1. The lowest BCUT2D eigenvalue weighted by atomic mass is 9.95. The van der Waals surface area contributed by atoms with Gasteiger partial charge in [0.15, 0.2) is 5.82 Å². The molecule has 0 atom stereocenters. The summed E-state index contributed by atoms with van der Waals surface area (Å²) >= 11 is 0. The molecule has 0 bridgehead atoms. The average Bonchev–Trinajstić information content (AvgIpc) is 3.44. The van der Waals surface area contributed by atoms with E-state index in [4.69, 9.17) is 4.74 Å². The van der Waals surface area contributed by atoms with Crippen molar-refractivity contribution in [2.75, 3.05) is 31.4 Å². The summed E-state index contributed by atoms with van der Waals surface area (Å²) in [6.07, 6.45) is 4.52. The second-order valence-electron chi connectivity index (χ2n) is 12.1. The number of aromatic nitrogens is 2. The van der Waals surface area contributed by atoms with Crippen LogP contribution in [0.1, 0.15) is 55.6 Å². The number of nitrogens with zero attached hydrogens (tertiary/aromatic N) is 3. The predicted molar refractivity (Wildman–Crippen MR) is 173 cm³/mol. The van der Waals surface area contributed by atoms with Crippen LogP contribution in [0.3, 0.4) is 0 Å². The van der Waals surface area contributed by atoms with E-state index in [1.807, 2.05) is 4.72 Å². The lowest BCUT2D eigenvalue weighted by Gasteiger charge is -2.29. The van der Waals surface area contributed by atoms with E-state index in [0.717, 1.165) is 22.0 Å². The summed E-state index contributed by atoms with van der Waals surface area (Å²) < 4.78 is 79.1. The number of rotatable bonds is 8. The van der Waals surface area contributed by atoms with E-state index < -0.39 is 56.4 Å². The van der Waals surface area contributed by atoms with Gasteiger partial charge in [0.25, 0.3) is 0 Å². The number of hydrogen-bond acceptors (Lipinski definition) is 6. The number of nitrogens with one attached hydrogen (secondary N) is 2. The summed E-state index contributed by atoms with van der Waals surface area (Å²) in [4.78, 5) is 34.6. The number of aromatic amines is 1. The number of anilines is 1. The quantitative estimate of drug-likeness (QED) is 0.206. The Kier molecular flexibility index (Phi) is 9.20. The van der Waals surface area contributed by atoms with Gasteiger partial charge in [-0.2, -0.15) is 12.7 Å². The van der Waals surface area contributed by atoms with E-state index in [9.17, 15) is 22.4 Å². The zero-order chi connectivity index (χ0) is 34.3. The number of carbonyl (C=O) groups excluding carboxylic acids is 2. The molecule has 2 N–H and O–H groups in total. The van der Waals surface area contributed by atoms with Crippen LogP contribution in [0.5, 0.6) is 0 Å². The molecule has 47 heavy (non-hydrogen) atoms. The molecule has 0 spiro atoms. The van der Waals surface area contributed by atoms with Crippen LogP contribution in [0.25, 0.3) is 27.7 Å². The summed E-state index contributed by atoms with van der Waals surface area (Å²) in [6, 6.07) is 7.90. The van der Waals surface area contributed by atoms with Crippen molar-refractivity contribution >= 4 is 44.4 Å². The number of hydrogen-bond donors (Lipinski definition) is 2. The van der Waals surface area contributed by atoms with Gasteiger partial charge in [0.1, 0.15) is 22.9 Å². The van der Waals surface area contributed by atoms with E-state index >= 15 is 8.78 Å². The number of pyridine rings is 1. The Bertz CT molecular complexity index is 2020. The van der Waals surface area contributed by atoms with Gasteiger partial charge in [0, 0.05) is 61.2 Å². The monoisotopic (exact) mass is 669 g/mol. The highest BCUT2D eigenvalue weighted by Gasteiger charge is 2.28.